The molecule has 25 heavy (non-hydrogen) atoms. The van der Waals surface area contributed by atoms with Gasteiger partial charge in [-0.15, -0.1) is 0 Å². The number of nitrogens with zero attached hydrogens (tertiary/aromatic N) is 2. The van der Waals surface area contributed by atoms with Crippen molar-refractivity contribution in [2.45, 2.75) is 25.8 Å². The number of amides is 2. The number of aromatic nitrogens is 2. The molecule has 1 aromatic carbocycles. The van der Waals surface area contributed by atoms with Crippen LogP contribution in [0, 0.1) is 0 Å². The van der Waals surface area contributed by atoms with Gasteiger partial charge in [-0.25, -0.2) is 4.79 Å². The Balaban J connectivity index is 1.54. The van der Waals surface area contributed by atoms with Crippen LogP contribution in [0.5, 0.6) is 0 Å². The number of nitrogens with one attached hydrogen (secondary N) is 2. The van der Waals surface area contributed by atoms with Crippen LogP contribution in [0.25, 0.3) is 11.3 Å². The number of carbonyl (C=O) groups is 2. The van der Waals surface area contributed by atoms with E-state index in [0.717, 1.165) is 11.3 Å². The Morgan fingerprint density at radius 2 is 2.00 bits per heavy atom. The first-order chi connectivity index (χ1) is 12.2. The number of aromatic amines is 1. The molecule has 2 amide bonds. The lowest BCUT2D eigenvalue weighted by atomic mass is 10.1. The van der Waals surface area contributed by atoms with Crippen molar-refractivity contribution in [3.05, 3.63) is 42.1 Å². The quantitative estimate of drug-likeness (QED) is 0.893. The number of likely N-dealkylation sites (tertiary alicyclic amines) is 1. The predicted octanol–water partition coefficient (Wildman–Crippen LogP) is 2.43. The molecule has 1 aromatic heterocycles. The lowest BCUT2D eigenvalue weighted by Gasteiger charge is -2.31. The number of rotatable bonds is 4. The highest BCUT2D eigenvalue weighted by Gasteiger charge is 2.25. The molecule has 1 fully saturated rings. The summed E-state index contributed by atoms with van der Waals surface area (Å²) in [5.74, 6) is -0.177. The highest BCUT2D eigenvalue weighted by atomic mass is 16.6. The van der Waals surface area contributed by atoms with Crippen molar-refractivity contribution in [3.63, 3.8) is 0 Å². The maximum absolute atomic E-state index is 12.4. The van der Waals surface area contributed by atoms with E-state index in [4.69, 9.17) is 4.74 Å². The molecule has 0 saturated carbocycles. The number of carbonyl (C=O) groups excluding carboxylic acids is 2. The third-order valence-corrected chi connectivity index (χ3v) is 4.25. The van der Waals surface area contributed by atoms with Crippen LogP contribution >= 0.6 is 0 Å². The van der Waals surface area contributed by atoms with E-state index in [0.29, 0.717) is 38.2 Å². The molecular formula is C18H22N4O3. The largest absolute Gasteiger partial charge is 0.450 e. The minimum absolute atomic E-state index is 0.0432. The van der Waals surface area contributed by atoms with Crippen molar-refractivity contribution >= 4 is 12.0 Å². The molecule has 7 heteroatoms. The van der Waals surface area contributed by atoms with Gasteiger partial charge in [-0.2, -0.15) is 5.10 Å². The number of hydrogen-bond acceptors (Lipinski definition) is 4. The fraction of sp³-hybridized carbons (Fsp3) is 0.389. The van der Waals surface area contributed by atoms with E-state index in [1.807, 2.05) is 30.3 Å². The van der Waals surface area contributed by atoms with Gasteiger partial charge in [0.05, 0.1) is 12.3 Å². The van der Waals surface area contributed by atoms with Crippen molar-refractivity contribution in [3.8, 4) is 11.3 Å². The van der Waals surface area contributed by atoms with E-state index < -0.39 is 0 Å². The van der Waals surface area contributed by atoms with E-state index in [9.17, 15) is 9.59 Å². The molecule has 2 heterocycles. The van der Waals surface area contributed by atoms with Crippen LogP contribution < -0.4 is 5.32 Å². The molecule has 7 nitrogen and oxygen atoms in total. The van der Waals surface area contributed by atoms with Crippen molar-refractivity contribution in [2.24, 2.45) is 0 Å². The van der Waals surface area contributed by atoms with Gasteiger partial charge >= 0.3 is 6.09 Å². The molecule has 2 aromatic rings. The fourth-order valence-corrected chi connectivity index (χ4v) is 2.88. The van der Waals surface area contributed by atoms with Crippen molar-refractivity contribution in [1.82, 2.24) is 20.4 Å². The predicted molar refractivity (Wildman–Crippen MR) is 93.1 cm³/mol. The second-order valence-electron chi connectivity index (χ2n) is 5.97. The van der Waals surface area contributed by atoms with Crippen molar-refractivity contribution < 1.29 is 14.3 Å². The zero-order chi connectivity index (χ0) is 17.6. The number of ether oxygens (including phenoxy) is 1. The Hall–Kier alpha value is -2.83. The molecule has 0 atom stereocenters. The molecule has 3 rings (SSSR count). The highest BCUT2D eigenvalue weighted by molar-refractivity contribution is 5.93. The summed E-state index contributed by atoms with van der Waals surface area (Å²) in [6.07, 6.45) is 1.14. The normalized spacial score (nSPS) is 15.0. The standard InChI is InChI=1S/C18H22N4O3/c1-2-25-18(24)22-10-8-14(9-11-22)19-17(23)16-12-15(20-21-16)13-6-4-3-5-7-13/h3-7,12,14H,2,8-11H2,1H3,(H,19,23)(H,20,21). The Labute approximate surface area is 146 Å². The summed E-state index contributed by atoms with van der Waals surface area (Å²) < 4.78 is 5.00. The van der Waals surface area contributed by atoms with Gasteiger partial charge in [0.15, 0.2) is 0 Å². The van der Waals surface area contributed by atoms with E-state index >= 15 is 0 Å². The fourth-order valence-electron chi connectivity index (χ4n) is 2.88. The summed E-state index contributed by atoms with van der Waals surface area (Å²) >= 11 is 0. The second-order valence-corrected chi connectivity index (χ2v) is 5.97. The van der Waals surface area contributed by atoms with Crippen LogP contribution in [0.1, 0.15) is 30.3 Å². The number of benzene rings is 1. The molecule has 0 aliphatic carbocycles. The van der Waals surface area contributed by atoms with Gasteiger partial charge in [0.25, 0.3) is 5.91 Å². The average molecular weight is 342 g/mol. The molecular weight excluding hydrogens is 320 g/mol. The van der Waals surface area contributed by atoms with Crippen LogP contribution in [0.15, 0.2) is 36.4 Å². The molecule has 0 radical (unpaired) electrons. The summed E-state index contributed by atoms with van der Waals surface area (Å²) in [7, 11) is 0. The zero-order valence-electron chi connectivity index (χ0n) is 14.2. The number of hydrogen-bond donors (Lipinski definition) is 2. The third kappa shape index (κ3) is 4.17. The summed E-state index contributed by atoms with van der Waals surface area (Å²) in [5, 5.41) is 9.99. The highest BCUT2D eigenvalue weighted by Crippen LogP contribution is 2.17. The van der Waals surface area contributed by atoms with Gasteiger partial charge in [-0.1, -0.05) is 30.3 Å². The lowest BCUT2D eigenvalue weighted by Crippen LogP contribution is -2.46. The van der Waals surface area contributed by atoms with Crippen molar-refractivity contribution in [1.29, 1.82) is 0 Å². The molecule has 1 aliphatic heterocycles. The summed E-state index contributed by atoms with van der Waals surface area (Å²) in [5.41, 5.74) is 2.13. The SMILES string of the molecule is CCOC(=O)N1CCC(NC(=O)c2cc(-c3ccccc3)n[nH]2)CC1. The molecule has 1 saturated heterocycles. The molecule has 0 unspecified atom stereocenters. The van der Waals surface area contributed by atoms with Gasteiger partial charge in [0, 0.05) is 24.7 Å². The Morgan fingerprint density at radius 3 is 2.68 bits per heavy atom. The number of piperidine rings is 1. The lowest BCUT2D eigenvalue weighted by molar-refractivity contribution is 0.0856. The molecule has 132 valence electrons. The minimum atomic E-state index is -0.284. The van der Waals surface area contributed by atoms with E-state index in [2.05, 4.69) is 15.5 Å². The van der Waals surface area contributed by atoms with Gasteiger partial charge in [0.2, 0.25) is 0 Å². The molecule has 0 spiro atoms. The van der Waals surface area contributed by atoms with Crippen LogP contribution in [-0.2, 0) is 4.74 Å². The maximum atomic E-state index is 12.4. The van der Waals surface area contributed by atoms with Gasteiger partial charge in [-0.3, -0.25) is 9.89 Å². The summed E-state index contributed by atoms with van der Waals surface area (Å²) in [6, 6.07) is 11.5. The average Bonchev–Trinajstić information content (AvgIpc) is 3.13. The number of H-pyrrole nitrogens is 1. The third-order valence-electron chi connectivity index (χ3n) is 4.25. The summed E-state index contributed by atoms with van der Waals surface area (Å²) in [6.45, 7) is 3.34. The van der Waals surface area contributed by atoms with Crippen LogP contribution in [0.3, 0.4) is 0 Å². The monoisotopic (exact) mass is 342 g/mol. The Morgan fingerprint density at radius 1 is 1.28 bits per heavy atom. The molecule has 2 N–H and O–H groups in total. The smallest absolute Gasteiger partial charge is 0.409 e. The van der Waals surface area contributed by atoms with Crippen LogP contribution in [-0.4, -0.2) is 52.8 Å². The van der Waals surface area contributed by atoms with Crippen LogP contribution in [0.4, 0.5) is 4.79 Å². The first kappa shape index (κ1) is 17.0. The van der Waals surface area contributed by atoms with Gasteiger partial charge < -0.3 is 15.0 Å². The van der Waals surface area contributed by atoms with E-state index in [-0.39, 0.29) is 18.0 Å². The topological polar surface area (TPSA) is 87.3 Å². The second kappa shape index (κ2) is 7.83. The Bertz CT molecular complexity index is 721. The zero-order valence-corrected chi connectivity index (χ0v) is 14.2. The van der Waals surface area contributed by atoms with E-state index in [1.54, 1.807) is 17.9 Å². The summed E-state index contributed by atoms with van der Waals surface area (Å²) in [4.78, 5) is 25.8. The minimum Gasteiger partial charge on any atom is -0.450 e. The van der Waals surface area contributed by atoms with Crippen molar-refractivity contribution in [2.75, 3.05) is 19.7 Å². The molecule has 0 bridgehead atoms. The van der Waals surface area contributed by atoms with Crippen LogP contribution in [0.2, 0.25) is 0 Å². The van der Waals surface area contributed by atoms with Gasteiger partial charge in [0.1, 0.15) is 5.69 Å². The van der Waals surface area contributed by atoms with Gasteiger partial charge in [-0.05, 0) is 25.8 Å². The van der Waals surface area contributed by atoms with E-state index in [1.165, 1.54) is 0 Å². The maximum Gasteiger partial charge on any atom is 0.409 e. The first-order valence-corrected chi connectivity index (χ1v) is 8.50. The molecule has 1 aliphatic rings. The Kier molecular flexibility index (Phi) is 5.33. The first-order valence-electron chi connectivity index (χ1n) is 8.50.